The highest BCUT2D eigenvalue weighted by atomic mass is 19.4. The molecule has 11 heteroatoms. The largest absolute Gasteiger partial charge is 0.491 e. The number of amides is 2. The number of nitrogens with zero attached hydrogens (tertiary/aromatic N) is 2. The molecule has 290 valence electrons. The normalized spacial score (nSPS) is 15.7. The minimum Gasteiger partial charge on any atom is -0.465 e. The molecule has 3 heterocycles. The Morgan fingerprint density at radius 3 is 2.22 bits per heavy atom. The van der Waals surface area contributed by atoms with Crippen LogP contribution in [-0.4, -0.2) is 66.5 Å². The van der Waals surface area contributed by atoms with Crippen LogP contribution in [0.3, 0.4) is 0 Å². The van der Waals surface area contributed by atoms with Crippen molar-refractivity contribution in [2.45, 2.75) is 64.1 Å². The van der Waals surface area contributed by atoms with E-state index in [1.807, 2.05) is 53.4 Å². The van der Waals surface area contributed by atoms with E-state index in [2.05, 4.69) is 10.1 Å². The van der Waals surface area contributed by atoms with E-state index in [0.29, 0.717) is 30.2 Å². The molecular weight excluding hydrogens is 707 g/mol. The van der Waals surface area contributed by atoms with Crippen LogP contribution in [0.5, 0.6) is 5.75 Å². The number of furan rings is 1. The Bertz CT molecular complexity index is 1890. The van der Waals surface area contributed by atoms with Crippen LogP contribution in [0.25, 0.3) is 17.2 Å². The monoisotopic (exact) mass is 755 g/mol. The summed E-state index contributed by atoms with van der Waals surface area (Å²) in [7, 11) is 0. The van der Waals surface area contributed by atoms with Crippen LogP contribution >= 0.6 is 0 Å². The van der Waals surface area contributed by atoms with Gasteiger partial charge in [0.2, 0.25) is 5.91 Å². The maximum absolute atomic E-state index is 13.6. The number of alkyl halides is 3. The third-order valence-electron chi connectivity index (χ3n) is 10.6. The van der Waals surface area contributed by atoms with Crippen molar-refractivity contribution in [3.05, 3.63) is 120 Å². The van der Waals surface area contributed by atoms with E-state index in [-0.39, 0.29) is 24.1 Å². The molecule has 4 aromatic rings. The van der Waals surface area contributed by atoms with Gasteiger partial charge >= 0.3 is 12.1 Å². The predicted octanol–water partition coefficient (Wildman–Crippen LogP) is 8.72. The second kappa shape index (κ2) is 18.9. The summed E-state index contributed by atoms with van der Waals surface area (Å²) >= 11 is 0. The zero-order valence-electron chi connectivity index (χ0n) is 30.9. The van der Waals surface area contributed by atoms with Crippen LogP contribution in [0.4, 0.5) is 13.2 Å². The second-order valence-electron chi connectivity index (χ2n) is 14.5. The van der Waals surface area contributed by atoms with Crippen LogP contribution in [0.2, 0.25) is 0 Å². The van der Waals surface area contributed by atoms with Crippen molar-refractivity contribution in [3.8, 4) is 16.9 Å². The summed E-state index contributed by atoms with van der Waals surface area (Å²) in [5, 5.41) is 3.45. The van der Waals surface area contributed by atoms with Crippen molar-refractivity contribution in [1.29, 1.82) is 0 Å². The maximum Gasteiger partial charge on any atom is 0.491 e. The number of likely N-dealkylation sites (tertiary alicyclic amines) is 1. The van der Waals surface area contributed by atoms with Crippen molar-refractivity contribution < 1.29 is 36.7 Å². The lowest BCUT2D eigenvalue weighted by Crippen LogP contribution is -2.38. The lowest BCUT2D eigenvalue weighted by Gasteiger charge is -2.32. The summed E-state index contributed by atoms with van der Waals surface area (Å²) in [6.07, 6.45) is 8.39. The summed E-state index contributed by atoms with van der Waals surface area (Å²) < 4.78 is 47.6. The highest BCUT2D eigenvalue weighted by molar-refractivity contribution is 5.95. The minimum absolute atomic E-state index is 0.0535. The molecule has 1 aromatic heterocycles. The molecule has 1 N–H and O–H groups in total. The number of carbonyl (C=O) groups excluding carboxylic acids is 3. The van der Waals surface area contributed by atoms with Crippen LogP contribution in [0.1, 0.15) is 72.2 Å². The third-order valence-corrected chi connectivity index (χ3v) is 10.6. The van der Waals surface area contributed by atoms with Gasteiger partial charge in [0.25, 0.3) is 5.91 Å². The van der Waals surface area contributed by atoms with Gasteiger partial charge in [-0.05, 0) is 128 Å². The molecule has 0 radical (unpaired) electrons. The van der Waals surface area contributed by atoms with E-state index in [1.165, 1.54) is 56.6 Å². The summed E-state index contributed by atoms with van der Waals surface area (Å²) in [4.78, 5) is 42.0. The third kappa shape index (κ3) is 11.7. The van der Waals surface area contributed by atoms with Crippen molar-refractivity contribution >= 4 is 23.9 Å². The van der Waals surface area contributed by atoms with Crippen molar-refractivity contribution in [1.82, 2.24) is 15.1 Å². The van der Waals surface area contributed by atoms with Gasteiger partial charge < -0.3 is 24.3 Å². The summed E-state index contributed by atoms with van der Waals surface area (Å²) in [6.45, 7) is 4.43. The fourth-order valence-electron chi connectivity index (χ4n) is 7.44. The van der Waals surface area contributed by atoms with Gasteiger partial charge in [-0.15, -0.1) is 0 Å². The van der Waals surface area contributed by atoms with Gasteiger partial charge in [-0.25, -0.2) is 4.79 Å². The number of piperidine rings is 2. The number of esters is 1. The Labute approximate surface area is 320 Å². The first-order valence-electron chi connectivity index (χ1n) is 19.2. The van der Waals surface area contributed by atoms with Gasteiger partial charge in [-0.2, -0.15) is 13.2 Å². The Hall–Kier alpha value is -5.16. The first kappa shape index (κ1) is 39.5. The van der Waals surface area contributed by atoms with E-state index >= 15 is 0 Å². The molecule has 0 aliphatic carbocycles. The average Bonchev–Trinajstić information content (AvgIpc) is 3.73. The fourth-order valence-corrected chi connectivity index (χ4v) is 7.44. The van der Waals surface area contributed by atoms with Gasteiger partial charge in [0.1, 0.15) is 11.5 Å². The van der Waals surface area contributed by atoms with Gasteiger partial charge in [0.05, 0.1) is 6.26 Å². The SMILES string of the molecule is O=C(/C=C/c1ccco1)N(CCc1ccc(OC(=O)C(F)(F)F)cc1)Cc1cccc(-c2cccc(C(=O)N3CCC(CCCC4CCNCC4)CC3)c2)c1. The number of benzene rings is 3. The smallest absolute Gasteiger partial charge is 0.465 e. The summed E-state index contributed by atoms with van der Waals surface area (Å²) in [5.41, 5.74) is 4.10. The minimum atomic E-state index is -5.09. The van der Waals surface area contributed by atoms with E-state index in [4.69, 9.17) is 4.42 Å². The summed E-state index contributed by atoms with van der Waals surface area (Å²) in [6, 6.07) is 24.8. The fraction of sp³-hybridized carbons (Fsp3) is 0.386. The molecule has 2 aliphatic heterocycles. The molecular formula is C44H48F3N3O5. The molecule has 2 aliphatic rings. The highest BCUT2D eigenvalue weighted by Crippen LogP contribution is 2.28. The van der Waals surface area contributed by atoms with Gasteiger partial charge in [0.15, 0.2) is 0 Å². The number of rotatable bonds is 14. The number of hydrogen-bond donors (Lipinski definition) is 1. The molecule has 2 amide bonds. The molecule has 0 saturated carbocycles. The van der Waals surface area contributed by atoms with Gasteiger partial charge in [-0.3, -0.25) is 9.59 Å². The summed E-state index contributed by atoms with van der Waals surface area (Å²) in [5.74, 6) is -0.634. The van der Waals surface area contributed by atoms with Gasteiger partial charge in [0, 0.05) is 37.8 Å². The number of nitrogens with one attached hydrogen (secondary N) is 1. The van der Waals surface area contributed by atoms with E-state index in [9.17, 15) is 27.6 Å². The van der Waals surface area contributed by atoms with Crippen LogP contribution in [-0.2, 0) is 22.6 Å². The number of ether oxygens (including phenoxy) is 1. The van der Waals surface area contributed by atoms with E-state index in [0.717, 1.165) is 67.2 Å². The molecule has 0 atom stereocenters. The molecule has 3 aromatic carbocycles. The Kier molecular flexibility index (Phi) is 13.6. The Balaban J connectivity index is 1.08. The molecule has 2 saturated heterocycles. The zero-order chi connectivity index (χ0) is 38.6. The average molecular weight is 756 g/mol. The molecule has 0 unspecified atom stereocenters. The quantitative estimate of drug-likeness (QED) is 0.0787. The lowest BCUT2D eigenvalue weighted by molar-refractivity contribution is -0.189. The standard InChI is InChI=1S/C44H48F3N3O5/c45-44(46,47)43(53)55-40-14-12-34(13-15-40)22-27-50(41(51)17-16-39-11-4-28-54-39)31-35-7-2-8-36(29-35)37-9-3-10-38(30-37)42(52)49-25-20-33(21-26-49)6-1-5-32-18-23-48-24-19-32/h2-4,7-17,28-30,32-33,48H,1,5-6,18-27,31H2/b17-16+. The van der Waals surface area contributed by atoms with Gasteiger partial charge in [-0.1, -0.05) is 61.7 Å². The molecule has 0 spiro atoms. The molecule has 0 bridgehead atoms. The molecule has 55 heavy (non-hydrogen) atoms. The first-order chi connectivity index (χ1) is 26.6. The van der Waals surface area contributed by atoms with Crippen molar-refractivity contribution in [2.24, 2.45) is 11.8 Å². The molecule has 6 rings (SSSR count). The Morgan fingerprint density at radius 1 is 0.836 bits per heavy atom. The van der Waals surface area contributed by atoms with Crippen molar-refractivity contribution in [3.63, 3.8) is 0 Å². The van der Waals surface area contributed by atoms with E-state index in [1.54, 1.807) is 35.2 Å². The van der Waals surface area contributed by atoms with E-state index < -0.39 is 12.1 Å². The predicted molar refractivity (Wildman–Crippen MR) is 205 cm³/mol. The number of carbonyl (C=O) groups is 3. The topological polar surface area (TPSA) is 92.1 Å². The number of halogens is 3. The lowest BCUT2D eigenvalue weighted by atomic mass is 9.87. The maximum atomic E-state index is 13.6. The molecule has 8 nitrogen and oxygen atoms in total. The highest BCUT2D eigenvalue weighted by Gasteiger charge is 2.41. The molecule has 2 fully saturated rings. The van der Waals surface area contributed by atoms with Crippen LogP contribution in [0.15, 0.2) is 102 Å². The number of hydrogen-bond acceptors (Lipinski definition) is 6. The van der Waals surface area contributed by atoms with Crippen LogP contribution < -0.4 is 10.1 Å². The Morgan fingerprint density at radius 2 is 1.53 bits per heavy atom. The first-order valence-corrected chi connectivity index (χ1v) is 19.2. The van der Waals surface area contributed by atoms with Crippen molar-refractivity contribution in [2.75, 3.05) is 32.7 Å². The van der Waals surface area contributed by atoms with Crippen LogP contribution in [0, 0.1) is 11.8 Å². The zero-order valence-corrected chi connectivity index (χ0v) is 30.9. The second-order valence-corrected chi connectivity index (χ2v) is 14.5.